The molecular formula is C16H22N2O5. The molecule has 23 heavy (non-hydrogen) atoms. The number of fused-ring (bicyclic) bond motifs is 1. The summed E-state index contributed by atoms with van der Waals surface area (Å²) in [4.78, 5) is 28.2. The topological polar surface area (TPSA) is 79.3 Å². The molecule has 126 valence electrons. The minimum absolute atomic E-state index is 0.0223. The van der Waals surface area contributed by atoms with Gasteiger partial charge in [-0.15, -0.1) is 0 Å². The summed E-state index contributed by atoms with van der Waals surface area (Å²) in [5, 5.41) is 9.37. The fraction of sp³-hybridized carbons (Fsp3) is 0.750. The van der Waals surface area contributed by atoms with Crippen LogP contribution in [0.15, 0.2) is 11.1 Å². The van der Waals surface area contributed by atoms with Gasteiger partial charge in [-0.1, -0.05) is 0 Å². The third-order valence-electron chi connectivity index (χ3n) is 5.35. The zero-order chi connectivity index (χ0) is 16.0. The molecule has 2 bridgehead atoms. The van der Waals surface area contributed by atoms with E-state index in [1.807, 2.05) is 0 Å². The summed E-state index contributed by atoms with van der Waals surface area (Å²) in [5.74, 6) is -1.11. The van der Waals surface area contributed by atoms with Gasteiger partial charge in [-0.25, -0.2) is 4.79 Å². The van der Waals surface area contributed by atoms with Gasteiger partial charge in [0.1, 0.15) is 5.60 Å². The number of carboxylic acid groups (broad SMARTS) is 1. The molecule has 2 unspecified atom stereocenters. The summed E-state index contributed by atoms with van der Waals surface area (Å²) in [6.45, 7) is 5.54. The Kier molecular flexibility index (Phi) is 3.66. The molecule has 1 spiro atoms. The zero-order valence-corrected chi connectivity index (χ0v) is 13.1. The van der Waals surface area contributed by atoms with Crippen molar-refractivity contribution in [1.29, 1.82) is 0 Å². The van der Waals surface area contributed by atoms with Crippen LogP contribution in [0, 0.1) is 0 Å². The van der Waals surface area contributed by atoms with Crippen molar-refractivity contribution < 1.29 is 24.2 Å². The first-order valence-electron chi connectivity index (χ1n) is 8.33. The number of carbonyl (C=O) groups is 2. The molecule has 0 aromatic carbocycles. The van der Waals surface area contributed by atoms with E-state index in [1.54, 1.807) is 4.90 Å². The Morgan fingerprint density at radius 1 is 1.30 bits per heavy atom. The predicted octanol–water partition coefficient (Wildman–Crippen LogP) is -0.136. The molecule has 3 saturated heterocycles. The third-order valence-corrected chi connectivity index (χ3v) is 5.35. The van der Waals surface area contributed by atoms with Crippen LogP contribution >= 0.6 is 0 Å². The van der Waals surface area contributed by atoms with E-state index in [9.17, 15) is 14.7 Å². The highest BCUT2D eigenvalue weighted by Crippen LogP contribution is 2.52. The van der Waals surface area contributed by atoms with E-state index < -0.39 is 11.6 Å². The van der Waals surface area contributed by atoms with E-state index in [2.05, 4.69) is 4.90 Å². The van der Waals surface area contributed by atoms with Crippen LogP contribution in [0.2, 0.25) is 0 Å². The van der Waals surface area contributed by atoms with Crippen molar-refractivity contribution in [1.82, 2.24) is 9.80 Å². The first kappa shape index (κ1) is 15.1. The highest BCUT2D eigenvalue weighted by molar-refractivity contribution is 6.06. The van der Waals surface area contributed by atoms with Crippen molar-refractivity contribution in [2.75, 3.05) is 45.9 Å². The van der Waals surface area contributed by atoms with Crippen molar-refractivity contribution in [3.8, 4) is 0 Å². The number of likely N-dealkylation sites (tertiary alicyclic amines) is 1. The molecule has 0 aromatic heterocycles. The number of hydrogen-bond acceptors (Lipinski definition) is 5. The maximum atomic E-state index is 12.7. The van der Waals surface area contributed by atoms with Crippen molar-refractivity contribution in [2.24, 2.45) is 0 Å². The Balaban J connectivity index is 1.41. The second-order valence-electron chi connectivity index (χ2n) is 6.84. The van der Waals surface area contributed by atoms with E-state index in [0.29, 0.717) is 25.1 Å². The Labute approximate surface area is 134 Å². The van der Waals surface area contributed by atoms with E-state index in [0.717, 1.165) is 45.7 Å². The predicted molar refractivity (Wildman–Crippen MR) is 80.0 cm³/mol. The quantitative estimate of drug-likeness (QED) is 0.759. The number of ether oxygens (including phenoxy) is 2. The van der Waals surface area contributed by atoms with Gasteiger partial charge >= 0.3 is 5.97 Å². The second kappa shape index (κ2) is 5.58. The summed E-state index contributed by atoms with van der Waals surface area (Å²) >= 11 is 0. The number of morpholine rings is 1. The van der Waals surface area contributed by atoms with Crippen LogP contribution in [0.25, 0.3) is 0 Å². The molecular weight excluding hydrogens is 300 g/mol. The zero-order valence-electron chi connectivity index (χ0n) is 13.1. The van der Waals surface area contributed by atoms with Gasteiger partial charge in [0.15, 0.2) is 0 Å². The summed E-state index contributed by atoms with van der Waals surface area (Å²) in [7, 11) is 0. The van der Waals surface area contributed by atoms with E-state index >= 15 is 0 Å². The largest absolute Gasteiger partial charge is 0.478 e. The highest BCUT2D eigenvalue weighted by Gasteiger charge is 2.61. The molecule has 7 nitrogen and oxygen atoms in total. The molecule has 5 aliphatic rings. The molecule has 7 heteroatoms. The summed E-state index contributed by atoms with van der Waals surface area (Å²) in [5.41, 5.74) is 0.0548. The van der Waals surface area contributed by atoms with Gasteiger partial charge in [0, 0.05) is 39.0 Å². The highest BCUT2D eigenvalue weighted by atomic mass is 16.5. The molecule has 1 amide bonds. The normalized spacial score (nSPS) is 33.7. The van der Waals surface area contributed by atoms with Crippen molar-refractivity contribution in [2.45, 2.75) is 31.0 Å². The first-order valence-corrected chi connectivity index (χ1v) is 8.33. The lowest BCUT2D eigenvalue weighted by atomic mass is 9.74. The van der Waals surface area contributed by atoms with Crippen LogP contribution < -0.4 is 0 Å². The van der Waals surface area contributed by atoms with Crippen LogP contribution in [0.1, 0.15) is 19.3 Å². The molecule has 5 rings (SSSR count). The SMILES string of the molecule is O=C(O)C1=C2C(=O)N(CCCN3CCOCC3)CC23CC(C1)O3. The second-order valence-corrected chi connectivity index (χ2v) is 6.84. The summed E-state index contributed by atoms with van der Waals surface area (Å²) in [6.07, 6.45) is 2.01. The maximum Gasteiger partial charge on any atom is 0.332 e. The van der Waals surface area contributed by atoms with Gasteiger partial charge in [0.2, 0.25) is 0 Å². The lowest BCUT2D eigenvalue weighted by molar-refractivity contribution is -0.188. The first-order chi connectivity index (χ1) is 11.1. The maximum absolute atomic E-state index is 12.7. The van der Waals surface area contributed by atoms with Crippen LogP contribution in [-0.4, -0.2) is 84.4 Å². The van der Waals surface area contributed by atoms with Crippen molar-refractivity contribution in [3.05, 3.63) is 11.1 Å². The smallest absolute Gasteiger partial charge is 0.332 e. The van der Waals surface area contributed by atoms with Gasteiger partial charge in [0.05, 0.1) is 37.0 Å². The van der Waals surface area contributed by atoms with Gasteiger partial charge in [-0.3, -0.25) is 9.69 Å². The molecule has 1 N–H and O–H groups in total. The molecule has 4 heterocycles. The number of carboxylic acids is 1. The summed E-state index contributed by atoms with van der Waals surface area (Å²) in [6, 6.07) is 0. The Morgan fingerprint density at radius 3 is 2.74 bits per heavy atom. The van der Waals surface area contributed by atoms with Crippen LogP contribution in [0.3, 0.4) is 0 Å². The fourth-order valence-corrected chi connectivity index (χ4v) is 4.28. The average Bonchev–Trinajstić information content (AvgIpc) is 2.83. The van der Waals surface area contributed by atoms with Crippen LogP contribution in [-0.2, 0) is 19.1 Å². The van der Waals surface area contributed by atoms with Gasteiger partial charge < -0.3 is 19.5 Å². The van der Waals surface area contributed by atoms with Crippen molar-refractivity contribution in [3.63, 3.8) is 0 Å². The Hall–Kier alpha value is -1.44. The molecule has 1 aliphatic carbocycles. The minimum Gasteiger partial charge on any atom is -0.478 e. The Bertz CT molecular complexity index is 561. The number of aliphatic carboxylic acids is 1. The average molecular weight is 322 g/mol. The standard InChI is InChI=1S/C16H22N2O5/c19-14-13-12(15(20)21)8-11-9-16(13,23-11)10-18(14)3-1-2-17-4-6-22-7-5-17/h11H,1-10H2,(H,20,21). The minimum atomic E-state index is -0.971. The molecule has 0 aromatic rings. The molecule has 4 aliphatic heterocycles. The molecule has 0 saturated carbocycles. The van der Waals surface area contributed by atoms with E-state index in [4.69, 9.17) is 9.47 Å². The number of rotatable bonds is 5. The number of carbonyl (C=O) groups excluding carboxylic acids is 1. The van der Waals surface area contributed by atoms with Gasteiger partial charge in [-0.05, 0) is 6.42 Å². The van der Waals surface area contributed by atoms with Crippen LogP contribution in [0.4, 0.5) is 0 Å². The Morgan fingerprint density at radius 2 is 2.04 bits per heavy atom. The third kappa shape index (κ3) is 2.47. The fourth-order valence-electron chi connectivity index (χ4n) is 4.28. The molecule has 2 atom stereocenters. The lowest BCUT2D eigenvalue weighted by Gasteiger charge is -2.49. The molecule has 0 radical (unpaired) electrons. The van der Waals surface area contributed by atoms with E-state index in [-0.39, 0.29) is 17.6 Å². The van der Waals surface area contributed by atoms with Gasteiger partial charge in [0.25, 0.3) is 5.91 Å². The van der Waals surface area contributed by atoms with Crippen LogP contribution in [0.5, 0.6) is 0 Å². The van der Waals surface area contributed by atoms with Crippen molar-refractivity contribution >= 4 is 11.9 Å². The van der Waals surface area contributed by atoms with Gasteiger partial charge in [-0.2, -0.15) is 0 Å². The lowest BCUT2D eigenvalue weighted by Crippen LogP contribution is -2.57. The number of hydrogen-bond donors (Lipinski definition) is 1. The number of nitrogens with zero attached hydrogens (tertiary/aromatic N) is 2. The van der Waals surface area contributed by atoms with E-state index in [1.165, 1.54) is 0 Å². The summed E-state index contributed by atoms with van der Waals surface area (Å²) < 4.78 is 11.2. The number of amides is 1. The monoisotopic (exact) mass is 322 g/mol. The molecule has 3 fully saturated rings.